The van der Waals surface area contributed by atoms with Gasteiger partial charge in [-0.25, -0.2) is 4.98 Å². The van der Waals surface area contributed by atoms with Gasteiger partial charge in [0.1, 0.15) is 0 Å². The smallest absolute Gasteiger partial charge is 0.0948 e. The van der Waals surface area contributed by atoms with Crippen LogP contribution in [0.2, 0.25) is 0 Å². The molecule has 1 heterocycles. The summed E-state index contributed by atoms with van der Waals surface area (Å²) >= 11 is 0. The number of fused-ring (bicyclic) bond motifs is 5. The minimum Gasteiger partial charge on any atom is -0.411 e. The first-order chi connectivity index (χ1) is 12.6. The van der Waals surface area contributed by atoms with Gasteiger partial charge in [-0.1, -0.05) is 24.6 Å². The normalized spacial score (nSPS) is 46.4. The number of oxime groups is 1. The highest BCUT2D eigenvalue weighted by molar-refractivity contribution is 5.96. The molecule has 1 aromatic heterocycles. The Labute approximate surface area is 156 Å². The Bertz CT molecular complexity index is 751. The number of imidazole rings is 1. The summed E-state index contributed by atoms with van der Waals surface area (Å²) < 4.78 is 2.39. The van der Waals surface area contributed by atoms with Crippen molar-refractivity contribution in [1.82, 2.24) is 9.55 Å². The summed E-state index contributed by atoms with van der Waals surface area (Å²) in [6, 6.07) is 0.625. The Morgan fingerprint density at radius 1 is 1.12 bits per heavy atom. The van der Waals surface area contributed by atoms with Gasteiger partial charge in [0, 0.05) is 18.4 Å². The number of aromatic nitrogens is 2. The van der Waals surface area contributed by atoms with E-state index < -0.39 is 0 Å². The highest BCUT2D eigenvalue weighted by Crippen LogP contribution is 2.67. The van der Waals surface area contributed by atoms with Gasteiger partial charge >= 0.3 is 0 Å². The summed E-state index contributed by atoms with van der Waals surface area (Å²) in [5, 5.41) is 12.7. The first kappa shape index (κ1) is 16.6. The molecule has 1 aromatic rings. The van der Waals surface area contributed by atoms with Crippen molar-refractivity contribution in [2.75, 3.05) is 0 Å². The predicted molar refractivity (Wildman–Crippen MR) is 102 cm³/mol. The van der Waals surface area contributed by atoms with E-state index in [2.05, 4.69) is 40.8 Å². The third kappa shape index (κ3) is 2.13. The van der Waals surface area contributed by atoms with Crippen LogP contribution >= 0.6 is 0 Å². The molecule has 4 nitrogen and oxygen atoms in total. The Hall–Kier alpha value is -1.58. The molecule has 3 fully saturated rings. The van der Waals surface area contributed by atoms with Crippen LogP contribution in [-0.2, 0) is 0 Å². The third-order valence-electron chi connectivity index (χ3n) is 8.94. The van der Waals surface area contributed by atoms with Crippen LogP contribution in [0.15, 0.2) is 35.5 Å². The van der Waals surface area contributed by atoms with E-state index >= 15 is 0 Å². The Balaban J connectivity index is 1.47. The molecule has 3 saturated carbocycles. The molecule has 3 unspecified atom stereocenters. The molecule has 0 aromatic carbocycles. The molecule has 4 aliphatic rings. The molecule has 1 N–H and O–H groups in total. The van der Waals surface area contributed by atoms with Crippen molar-refractivity contribution >= 4 is 5.71 Å². The molecule has 4 heteroatoms. The number of allylic oxidation sites excluding steroid dienone is 2. The van der Waals surface area contributed by atoms with Gasteiger partial charge in [-0.2, -0.15) is 0 Å². The monoisotopic (exact) mass is 353 g/mol. The van der Waals surface area contributed by atoms with Crippen molar-refractivity contribution in [3.63, 3.8) is 0 Å². The van der Waals surface area contributed by atoms with E-state index in [1.807, 2.05) is 12.5 Å². The lowest BCUT2D eigenvalue weighted by Crippen LogP contribution is -2.50. The van der Waals surface area contributed by atoms with Crippen LogP contribution in [0.5, 0.6) is 0 Å². The molecule has 0 saturated heterocycles. The Kier molecular flexibility index (Phi) is 3.64. The van der Waals surface area contributed by atoms with Crippen LogP contribution in [0.3, 0.4) is 0 Å². The second kappa shape index (κ2) is 5.71. The van der Waals surface area contributed by atoms with Crippen LogP contribution in [0.1, 0.15) is 71.3 Å². The maximum absolute atomic E-state index is 9.21. The van der Waals surface area contributed by atoms with Crippen LogP contribution < -0.4 is 0 Å². The average molecular weight is 354 g/mol. The molecule has 4 aliphatic carbocycles. The fourth-order valence-corrected chi connectivity index (χ4v) is 7.57. The summed E-state index contributed by atoms with van der Waals surface area (Å²) in [5.41, 5.74) is 3.19. The van der Waals surface area contributed by atoms with Gasteiger partial charge < -0.3 is 9.77 Å². The van der Waals surface area contributed by atoms with Gasteiger partial charge in [0.15, 0.2) is 0 Å². The van der Waals surface area contributed by atoms with E-state index in [0.717, 1.165) is 36.3 Å². The van der Waals surface area contributed by atoms with Gasteiger partial charge in [-0.3, -0.25) is 0 Å². The standard InChI is InChI=1S/C22H31N3O/c1-21-9-7-16(24-26)13-15(21)3-4-17-18-5-6-20(25-12-11-23-14-25)22(18,2)10-8-19(17)21/h11-14,17-20,26H,3-10H2,1-2H3/b24-16+/t17?,18?,19?,20-,21-,22-/m0/s1. The molecule has 6 atom stereocenters. The lowest BCUT2D eigenvalue weighted by atomic mass is 9.47. The molecular weight excluding hydrogens is 322 g/mol. The SMILES string of the molecule is C[C@]12CC/C(=N\O)C=C1CCC1C2CC[C@@]2(C)C1CC[C@@H]2n1ccnc1. The van der Waals surface area contributed by atoms with E-state index in [1.165, 1.54) is 38.5 Å². The number of hydrogen-bond acceptors (Lipinski definition) is 3. The van der Waals surface area contributed by atoms with Crippen molar-refractivity contribution in [3.05, 3.63) is 30.4 Å². The maximum Gasteiger partial charge on any atom is 0.0948 e. The van der Waals surface area contributed by atoms with Crippen LogP contribution in [-0.4, -0.2) is 20.5 Å². The molecule has 140 valence electrons. The van der Waals surface area contributed by atoms with Crippen LogP contribution in [0.25, 0.3) is 0 Å². The van der Waals surface area contributed by atoms with Crippen molar-refractivity contribution in [2.24, 2.45) is 33.7 Å². The zero-order valence-electron chi connectivity index (χ0n) is 16.1. The summed E-state index contributed by atoms with van der Waals surface area (Å²) in [4.78, 5) is 4.32. The average Bonchev–Trinajstić information content (AvgIpc) is 3.27. The lowest BCUT2D eigenvalue weighted by Gasteiger charge is -2.58. The predicted octanol–water partition coefficient (Wildman–Crippen LogP) is 5.22. The topological polar surface area (TPSA) is 50.4 Å². The molecular formula is C22H31N3O. The molecule has 0 radical (unpaired) electrons. The third-order valence-corrected chi connectivity index (χ3v) is 8.94. The first-order valence-corrected chi connectivity index (χ1v) is 10.5. The highest BCUT2D eigenvalue weighted by atomic mass is 16.4. The van der Waals surface area contributed by atoms with E-state index in [9.17, 15) is 5.21 Å². The maximum atomic E-state index is 9.21. The van der Waals surface area contributed by atoms with Crippen LogP contribution in [0.4, 0.5) is 0 Å². The zero-order valence-corrected chi connectivity index (χ0v) is 16.1. The fourth-order valence-electron chi connectivity index (χ4n) is 7.57. The summed E-state index contributed by atoms with van der Waals surface area (Å²) in [5.74, 6) is 2.51. The molecule has 0 bridgehead atoms. The van der Waals surface area contributed by atoms with Gasteiger partial charge in [0.05, 0.1) is 12.0 Å². The molecule has 5 rings (SSSR count). The largest absolute Gasteiger partial charge is 0.411 e. The fraction of sp³-hybridized carbons (Fsp3) is 0.727. The van der Waals surface area contributed by atoms with Gasteiger partial charge in [0.25, 0.3) is 0 Å². The zero-order chi connectivity index (χ0) is 17.9. The van der Waals surface area contributed by atoms with E-state index in [-0.39, 0.29) is 0 Å². The Morgan fingerprint density at radius 3 is 2.77 bits per heavy atom. The molecule has 0 spiro atoms. The first-order valence-electron chi connectivity index (χ1n) is 10.5. The number of hydrogen-bond donors (Lipinski definition) is 1. The summed E-state index contributed by atoms with van der Waals surface area (Å²) in [7, 11) is 0. The molecule has 0 amide bonds. The van der Waals surface area contributed by atoms with Gasteiger partial charge in [-0.15, -0.1) is 0 Å². The minimum atomic E-state index is 0.325. The van der Waals surface area contributed by atoms with Crippen molar-refractivity contribution in [3.8, 4) is 0 Å². The lowest BCUT2D eigenvalue weighted by molar-refractivity contribution is -0.0466. The summed E-state index contributed by atoms with van der Waals surface area (Å²) in [6.07, 6.45) is 18.3. The molecule has 26 heavy (non-hydrogen) atoms. The molecule has 0 aliphatic heterocycles. The summed E-state index contributed by atoms with van der Waals surface area (Å²) in [6.45, 7) is 5.07. The second-order valence-electron chi connectivity index (χ2n) is 9.74. The minimum absolute atomic E-state index is 0.325. The quantitative estimate of drug-likeness (QED) is 0.556. The van der Waals surface area contributed by atoms with E-state index in [1.54, 1.807) is 5.57 Å². The van der Waals surface area contributed by atoms with Crippen molar-refractivity contribution in [1.29, 1.82) is 0 Å². The Morgan fingerprint density at radius 2 is 2.00 bits per heavy atom. The van der Waals surface area contributed by atoms with Crippen molar-refractivity contribution < 1.29 is 5.21 Å². The second-order valence-corrected chi connectivity index (χ2v) is 9.74. The van der Waals surface area contributed by atoms with E-state index in [0.29, 0.717) is 16.9 Å². The van der Waals surface area contributed by atoms with E-state index in [4.69, 9.17) is 0 Å². The van der Waals surface area contributed by atoms with Gasteiger partial charge in [-0.05, 0) is 86.0 Å². The van der Waals surface area contributed by atoms with Gasteiger partial charge in [0.2, 0.25) is 0 Å². The number of rotatable bonds is 1. The number of nitrogens with zero attached hydrogens (tertiary/aromatic N) is 3. The van der Waals surface area contributed by atoms with Crippen molar-refractivity contribution in [2.45, 2.75) is 71.3 Å². The highest BCUT2D eigenvalue weighted by Gasteiger charge is 2.59. The van der Waals surface area contributed by atoms with Crippen LogP contribution in [0, 0.1) is 28.6 Å².